The molecule has 0 unspecified atom stereocenters. The Morgan fingerprint density at radius 1 is 1.32 bits per heavy atom. The number of nitrogen functional groups attached to an aromatic ring is 1. The highest BCUT2D eigenvalue weighted by atomic mass is 19.3. The monoisotopic (exact) mass is 267 g/mol. The van der Waals surface area contributed by atoms with Crippen LogP contribution in [0.2, 0.25) is 0 Å². The van der Waals surface area contributed by atoms with Crippen LogP contribution in [0.3, 0.4) is 0 Å². The van der Waals surface area contributed by atoms with Crippen LogP contribution in [0.5, 0.6) is 0 Å². The van der Waals surface area contributed by atoms with Gasteiger partial charge in [0.2, 0.25) is 0 Å². The third kappa shape index (κ3) is 3.51. The number of benzene rings is 1. The Morgan fingerprint density at radius 3 is 2.95 bits per heavy atom. The van der Waals surface area contributed by atoms with Crippen LogP contribution in [-0.2, 0) is 4.74 Å². The Morgan fingerprint density at radius 2 is 2.16 bits per heavy atom. The lowest BCUT2D eigenvalue weighted by atomic mass is 10.1. The predicted octanol–water partition coefficient (Wildman–Crippen LogP) is 2.51. The van der Waals surface area contributed by atoms with E-state index in [9.17, 15) is 8.78 Å². The van der Waals surface area contributed by atoms with Crippen LogP contribution in [-0.4, -0.2) is 31.2 Å². The number of pyridine rings is 1. The molecule has 2 aromatic rings. The summed E-state index contributed by atoms with van der Waals surface area (Å²) in [4.78, 5) is 4.21. The molecule has 1 aromatic carbocycles. The summed E-state index contributed by atoms with van der Waals surface area (Å²) in [6.07, 6.45) is -0.775. The lowest BCUT2D eigenvalue weighted by Gasteiger charge is -2.10. The van der Waals surface area contributed by atoms with Crippen molar-refractivity contribution in [1.29, 1.82) is 0 Å². The third-order valence-electron chi connectivity index (χ3n) is 2.61. The zero-order valence-corrected chi connectivity index (χ0v) is 10.3. The van der Waals surface area contributed by atoms with Crippen LogP contribution >= 0.6 is 0 Å². The predicted molar refractivity (Wildman–Crippen MR) is 71.5 cm³/mol. The molecule has 6 heteroatoms. The molecule has 0 bridgehead atoms. The molecule has 0 aliphatic carbocycles. The van der Waals surface area contributed by atoms with E-state index in [1.807, 2.05) is 18.2 Å². The zero-order valence-electron chi connectivity index (χ0n) is 10.3. The van der Waals surface area contributed by atoms with E-state index in [1.165, 1.54) is 0 Å². The molecule has 102 valence electrons. The number of ether oxygens (including phenoxy) is 1. The number of hydrogen-bond acceptors (Lipinski definition) is 4. The van der Waals surface area contributed by atoms with Gasteiger partial charge in [0.15, 0.2) is 0 Å². The van der Waals surface area contributed by atoms with Gasteiger partial charge in [-0.15, -0.1) is 0 Å². The van der Waals surface area contributed by atoms with Crippen molar-refractivity contribution >= 4 is 22.3 Å². The Balaban J connectivity index is 1.99. The van der Waals surface area contributed by atoms with Gasteiger partial charge in [-0.2, -0.15) is 0 Å². The number of nitrogens with one attached hydrogen (secondary N) is 1. The average molecular weight is 267 g/mol. The molecule has 4 nitrogen and oxygen atoms in total. The first-order valence-corrected chi connectivity index (χ1v) is 5.91. The number of aromatic nitrogens is 1. The lowest BCUT2D eigenvalue weighted by Crippen LogP contribution is -2.13. The first-order valence-electron chi connectivity index (χ1n) is 5.91. The summed E-state index contributed by atoms with van der Waals surface area (Å²) in [6.45, 7) is 0.128. The summed E-state index contributed by atoms with van der Waals surface area (Å²) in [5, 5.41) is 4.02. The molecule has 0 aliphatic heterocycles. The lowest BCUT2D eigenvalue weighted by molar-refractivity contribution is 0.0215. The van der Waals surface area contributed by atoms with Gasteiger partial charge in [-0.3, -0.25) is 4.98 Å². The van der Waals surface area contributed by atoms with E-state index in [2.05, 4.69) is 10.3 Å². The van der Waals surface area contributed by atoms with Gasteiger partial charge in [0.05, 0.1) is 17.8 Å². The van der Waals surface area contributed by atoms with E-state index in [0.29, 0.717) is 12.2 Å². The highest BCUT2D eigenvalue weighted by Gasteiger charge is 2.04. The summed E-state index contributed by atoms with van der Waals surface area (Å²) in [5.74, 6) is 0. The van der Waals surface area contributed by atoms with Crippen LogP contribution in [0.15, 0.2) is 30.5 Å². The van der Waals surface area contributed by atoms with Gasteiger partial charge in [0.1, 0.15) is 6.61 Å². The van der Waals surface area contributed by atoms with Crippen LogP contribution in [0.4, 0.5) is 20.2 Å². The standard InChI is InChI=1S/C13H15F2N3O/c14-12(15)8-19-7-6-17-11-4-5-18-13-9(11)2-1-3-10(13)16/h1-5,12H,6-8,16H2,(H,17,18). The van der Waals surface area contributed by atoms with Crippen molar-refractivity contribution in [3.63, 3.8) is 0 Å². The van der Waals surface area contributed by atoms with Gasteiger partial charge in [0.25, 0.3) is 6.43 Å². The second-order valence-corrected chi connectivity index (χ2v) is 3.99. The highest BCUT2D eigenvalue weighted by Crippen LogP contribution is 2.25. The number of para-hydroxylation sites is 1. The van der Waals surface area contributed by atoms with Crippen molar-refractivity contribution in [1.82, 2.24) is 4.98 Å². The van der Waals surface area contributed by atoms with Crippen molar-refractivity contribution in [2.24, 2.45) is 0 Å². The summed E-state index contributed by atoms with van der Waals surface area (Å²) in [6, 6.07) is 7.35. The SMILES string of the molecule is Nc1cccc2c(NCCOCC(F)F)ccnc12. The van der Waals surface area contributed by atoms with Gasteiger partial charge < -0.3 is 15.8 Å². The minimum Gasteiger partial charge on any atom is -0.397 e. The molecule has 2 rings (SSSR count). The number of fused-ring (bicyclic) bond motifs is 1. The van der Waals surface area contributed by atoms with E-state index in [-0.39, 0.29) is 6.61 Å². The van der Waals surface area contributed by atoms with Crippen LogP contribution in [0.1, 0.15) is 0 Å². The van der Waals surface area contributed by atoms with Crippen molar-refractivity contribution < 1.29 is 13.5 Å². The van der Waals surface area contributed by atoms with Crippen LogP contribution in [0.25, 0.3) is 10.9 Å². The minimum absolute atomic E-state index is 0.219. The highest BCUT2D eigenvalue weighted by molar-refractivity contribution is 5.97. The van der Waals surface area contributed by atoms with Crippen molar-refractivity contribution in [3.05, 3.63) is 30.5 Å². The van der Waals surface area contributed by atoms with E-state index in [0.717, 1.165) is 16.6 Å². The first kappa shape index (κ1) is 13.5. The molecule has 0 aliphatic rings. The van der Waals surface area contributed by atoms with Crippen molar-refractivity contribution in [2.75, 3.05) is 30.8 Å². The Hall–Kier alpha value is -1.95. The first-order chi connectivity index (χ1) is 9.18. The topological polar surface area (TPSA) is 60.2 Å². The normalized spacial score (nSPS) is 11.1. The minimum atomic E-state index is -2.43. The van der Waals surface area contributed by atoms with Crippen LogP contribution in [0, 0.1) is 0 Å². The molecule has 1 aromatic heterocycles. The summed E-state index contributed by atoms with van der Waals surface area (Å²) in [5.41, 5.74) is 8.03. The zero-order chi connectivity index (χ0) is 13.7. The molecule has 0 spiro atoms. The van der Waals surface area contributed by atoms with E-state index in [1.54, 1.807) is 12.3 Å². The largest absolute Gasteiger partial charge is 0.397 e. The molecule has 0 amide bonds. The van der Waals surface area contributed by atoms with Gasteiger partial charge in [-0.25, -0.2) is 8.78 Å². The quantitative estimate of drug-likeness (QED) is 0.623. The number of halogens is 2. The van der Waals surface area contributed by atoms with E-state index in [4.69, 9.17) is 10.5 Å². The molecule has 0 fully saturated rings. The van der Waals surface area contributed by atoms with Gasteiger partial charge in [0, 0.05) is 23.8 Å². The van der Waals surface area contributed by atoms with E-state index < -0.39 is 13.0 Å². The third-order valence-corrected chi connectivity index (χ3v) is 2.61. The fraction of sp³-hybridized carbons (Fsp3) is 0.308. The van der Waals surface area contributed by atoms with Gasteiger partial charge >= 0.3 is 0 Å². The smallest absolute Gasteiger partial charge is 0.261 e. The number of nitrogens with two attached hydrogens (primary N) is 1. The Bertz CT molecular complexity index is 548. The molecular formula is C13H15F2N3O. The molecule has 3 N–H and O–H groups in total. The molecule has 1 heterocycles. The number of nitrogens with zero attached hydrogens (tertiary/aromatic N) is 1. The maximum Gasteiger partial charge on any atom is 0.261 e. The van der Waals surface area contributed by atoms with E-state index >= 15 is 0 Å². The molecular weight excluding hydrogens is 252 g/mol. The second kappa shape index (κ2) is 6.29. The number of alkyl halides is 2. The fourth-order valence-corrected chi connectivity index (χ4v) is 1.78. The summed E-state index contributed by atoms with van der Waals surface area (Å²) in [7, 11) is 0. The molecule has 0 atom stereocenters. The fourth-order valence-electron chi connectivity index (χ4n) is 1.78. The average Bonchev–Trinajstić information content (AvgIpc) is 2.39. The van der Waals surface area contributed by atoms with Gasteiger partial charge in [-0.1, -0.05) is 12.1 Å². The molecule has 0 radical (unpaired) electrons. The maximum atomic E-state index is 11.9. The number of rotatable bonds is 6. The number of hydrogen-bond donors (Lipinski definition) is 2. The molecule has 19 heavy (non-hydrogen) atoms. The summed E-state index contributed by atoms with van der Waals surface area (Å²) >= 11 is 0. The molecule has 0 saturated heterocycles. The Kier molecular flexibility index (Phi) is 4.46. The van der Waals surface area contributed by atoms with Crippen molar-refractivity contribution in [2.45, 2.75) is 6.43 Å². The molecule has 0 saturated carbocycles. The van der Waals surface area contributed by atoms with Crippen molar-refractivity contribution in [3.8, 4) is 0 Å². The number of anilines is 2. The van der Waals surface area contributed by atoms with Gasteiger partial charge in [-0.05, 0) is 12.1 Å². The van der Waals surface area contributed by atoms with Crippen LogP contribution < -0.4 is 11.1 Å². The Labute approximate surface area is 109 Å². The second-order valence-electron chi connectivity index (χ2n) is 3.99. The maximum absolute atomic E-state index is 11.9. The summed E-state index contributed by atoms with van der Waals surface area (Å²) < 4.78 is 28.5.